The third-order valence-corrected chi connectivity index (χ3v) is 3.26. The predicted octanol–water partition coefficient (Wildman–Crippen LogP) is 1.50. The molecule has 0 saturated carbocycles. The third kappa shape index (κ3) is 2.48. The largest absolute Gasteiger partial charge is 0.512 e. The average molecular weight is 316 g/mol. The topological polar surface area (TPSA) is 126 Å². The summed E-state index contributed by atoms with van der Waals surface area (Å²) in [7, 11) is 0. The Hall–Kier alpha value is -3.36. The Bertz CT molecular complexity index is 1020. The zero-order valence-electron chi connectivity index (χ0n) is 12.2. The van der Waals surface area contributed by atoms with Crippen LogP contribution in [0.5, 0.6) is 5.88 Å². The van der Waals surface area contributed by atoms with Gasteiger partial charge in [-0.15, -0.1) is 0 Å². The molecular formula is C14H12N4O5. The van der Waals surface area contributed by atoms with Gasteiger partial charge < -0.3 is 20.1 Å². The maximum absolute atomic E-state index is 12.1. The molecule has 0 bridgehead atoms. The Morgan fingerprint density at radius 3 is 2.78 bits per heavy atom. The molecule has 118 valence electrons. The van der Waals surface area contributed by atoms with Crippen molar-refractivity contribution in [3.8, 4) is 5.88 Å². The summed E-state index contributed by atoms with van der Waals surface area (Å²) in [5.74, 6) is -0.384. The number of ether oxygens (including phenoxy) is 1. The lowest BCUT2D eigenvalue weighted by Gasteiger charge is -2.07. The number of hydrogen-bond acceptors (Lipinski definition) is 5. The molecule has 0 aliphatic rings. The highest BCUT2D eigenvalue weighted by atomic mass is 16.7. The molecule has 0 fully saturated rings. The summed E-state index contributed by atoms with van der Waals surface area (Å²) in [5, 5.41) is 11.3. The summed E-state index contributed by atoms with van der Waals surface area (Å²) in [4.78, 5) is 40.5. The van der Waals surface area contributed by atoms with Crippen molar-refractivity contribution in [2.75, 3.05) is 5.32 Å². The molecule has 0 radical (unpaired) electrons. The SMILES string of the molecule is CC(=O)Nc1ccc2c(c1)[nH]c(=O)c1nc(OC(=O)O)c(C)n12. The van der Waals surface area contributed by atoms with Crippen LogP contribution in [-0.2, 0) is 4.79 Å². The van der Waals surface area contributed by atoms with E-state index in [2.05, 4.69) is 20.0 Å². The normalized spacial score (nSPS) is 10.9. The van der Waals surface area contributed by atoms with Crippen molar-refractivity contribution < 1.29 is 19.4 Å². The summed E-state index contributed by atoms with van der Waals surface area (Å²) in [5.41, 5.74) is 1.50. The van der Waals surface area contributed by atoms with Gasteiger partial charge in [0.25, 0.3) is 5.56 Å². The number of H-pyrrole nitrogens is 1. The Morgan fingerprint density at radius 1 is 1.39 bits per heavy atom. The zero-order chi connectivity index (χ0) is 16.7. The van der Waals surface area contributed by atoms with Crippen molar-refractivity contribution >= 4 is 34.4 Å². The van der Waals surface area contributed by atoms with Gasteiger partial charge in [-0.05, 0) is 25.1 Å². The van der Waals surface area contributed by atoms with E-state index in [-0.39, 0.29) is 17.4 Å². The van der Waals surface area contributed by atoms with E-state index in [4.69, 9.17) is 5.11 Å². The molecule has 3 rings (SSSR count). The van der Waals surface area contributed by atoms with E-state index in [1.54, 1.807) is 25.1 Å². The van der Waals surface area contributed by atoms with Crippen LogP contribution >= 0.6 is 0 Å². The van der Waals surface area contributed by atoms with Crippen LogP contribution in [0.1, 0.15) is 12.6 Å². The molecule has 9 heteroatoms. The number of carbonyl (C=O) groups excluding carboxylic acids is 1. The van der Waals surface area contributed by atoms with Gasteiger partial charge in [0.1, 0.15) is 0 Å². The molecule has 0 unspecified atom stereocenters. The summed E-state index contributed by atoms with van der Waals surface area (Å²) < 4.78 is 6.09. The summed E-state index contributed by atoms with van der Waals surface area (Å²) in [6, 6.07) is 4.95. The number of rotatable bonds is 2. The van der Waals surface area contributed by atoms with Gasteiger partial charge in [0.2, 0.25) is 17.4 Å². The minimum Gasteiger partial charge on any atom is -0.449 e. The Kier molecular flexibility index (Phi) is 3.25. The number of fused-ring (bicyclic) bond motifs is 3. The predicted molar refractivity (Wildman–Crippen MR) is 81.0 cm³/mol. The minimum absolute atomic E-state index is 0.0264. The summed E-state index contributed by atoms with van der Waals surface area (Å²) in [6.07, 6.45) is -1.51. The number of carbonyl (C=O) groups is 2. The molecule has 0 aliphatic heterocycles. The van der Waals surface area contributed by atoms with E-state index in [1.807, 2.05) is 0 Å². The molecule has 0 saturated heterocycles. The fraction of sp³-hybridized carbons (Fsp3) is 0.143. The highest BCUT2D eigenvalue weighted by Gasteiger charge is 2.17. The smallest absolute Gasteiger partial charge is 0.449 e. The van der Waals surface area contributed by atoms with Gasteiger partial charge in [-0.25, -0.2) is 4.79 Å². The van der Waals surface area contributed by atoms with Crippen LogP contribution in [0.15, 0.2) is 23.0 Å². The van der Waals surface area contributed by atoms with Gasteiger partial charge in [0, 0.05) is 12.6 Å². The second-order valence-electron chi connectivity index (χ2n) is 4.90. The van der Waals surface area contributed by atoms with E-state index >= 15 is 0 Å². The second kappa shape index (κ2) is 5.13. The molecule has 1 aromatic carbocycles. The van der Waals surface area contributed by atoms with Crippen LogP contribution < -0.4 is 15.6 Å². The molecule has 23 heavy (non-hydrogen) atoms. The fourth-order valence-corrected chi connectivity index (χ4v) is 2.40. The number of aromatic amines is 1. The first-order valence-electron chi connectivity index (χ1n) is 6.60. The van der Waals surface area contributed by atoms with E-state index in [9.17, 15) is 14.4 Å². The van der Waals surface area contributed by atoms with Crippen LogP contribution in [-0.4, -0.2) is 31.5 Å². The monoisotopic (exact) mass is 316 g/mol. The molecule has 0 aliphatic carbocycles. The van der Waals surface area contributed by atoms with Crippen molar-refractivity contribution in [2.45, 2.75) is 13.8 Å². The van der Waals surface area contributed by atoms with E-state index < -0.39 is 11.7 Å². The molecular weight excluding hydrogens is 304 g/mol. The van der Waals surface area contributed by atoms with E-state index in [0.717, 1.165) is 0 Å². The van der Waals surface area contributed by atoms with Crippen LogP contribution in [0.4, 0.5) is 10.5 Å². The number of amides is 1. The number of imidazole rings is 1. The molecule has 3 N–H and O–H groups in total. The summed E-state index contributed by atoms with van der Waals surface area (Å²) in [6.45, 7) is 2.98. The number of nitrogens with one attached hydrogen (secondary N) is 2. The number of nitrogens with zero attached hydrogens (tertiary/aromatic N) is 2. The first kappa shape index (κ1) is 14.6. The van der Waals surface area contributed by atoms with Crippen LogP contribution in [0.3, 0.4) is 0 Å². The second-order valence-corrected chi connectivity index (χ2v) is 4.90. The number of aromatic nitrogens is 3. The van der Waals surface area contributed by atoms with Gasteiger partial charge in [-0.2, -0.15) is 4.98 Å². The molecule has 2 aromatic heterocycles. The lowest BCUT2D eigenvalue weighted by molar-refractivity contribution is -0.114. The van der Waals surface area contributed by atoms with E-state index in [1.165, 1.54) is 11.3 Å². The van der Waals surface area contributed by atoms with Crippen molar-refractivity contribution in [1.29, 1.82) is 0 Å². The lowest BCUT2D eigenvalue weighted by atomic mass is 10.2. The van der Waals surface area contributed by atoms with Gasteiger partial charge >= 0.3 is 6.16 Å². The summed E-state index contributed by atoms with van der Waals surface area (Å²) >= 11 is 0. The molecule has 2 heterocycles. The quantitative estimate of drug-likeness (QED) is 0.615. The molecule has 1 amide bonds. The Labute approximate surface area is 128 Å². The zero-order valence-corrected chi connectivity index (χ0v) is 12.2. The van der Waals surface area contributed by atoms with Crippen molar-refractivity contribution in [3.05, 3.63) is 34.2 Å². The highest BCUT2D eigenvalue weighted by Crippen LogP contribution is 2.23. The van der Waals surface area contributed by atoms with Crippen molar-refractivity contribution in [1.82, 2.24) is 14.4 Å². The molecule has 0 atom stereocenters. The number of hydrogen-bond donors (Lipinski definition) is 3. The molecule has 3 aromatic rings. The third-order valence-electron chi connectivity index (χ3n) is 3.26. The standard InChI is InChI=1S/C14H12N4O5/c1-6-13(23-14(21)22)17-11-12(20)16-9-5-8(15-7(2)19)3-4-10(9)18(6)11/h3-5H,1-2H3,(H,15,19)(H,16,20)(H,21,22). The van der Waals surface area contributed by atoms with Gasteiger partial charge in [-0.3, -0.25) is 14.0 Å². The molecule has 0 spiro atoms. The first-order chi connectivity index (χ1) is 10.9. The number of anilines is 1. The van der Waals surface area contributed by atoms with Crippen molar-refractivity contribution in [3.63, 3.8) is 0 Å². The van der Waals surface area contributed by atoms with Crippen LogP contribution in [0.2, 0.25) is 0 Å². The number of aryl methyl sites for hydroxylation is 1. The van der Waals surface area contributed by atoms with Gasteiger partial charge in [0.15, 0.2) is 0 Å². The fourth-order valence-electron chi connectivity index (χ4n) is 2.40. The molecule has 9 nitrogen and oxygen atoms in total. The maximum atomic E-state index is 12.1. The van der Waals surface area contributed by atoms with Crippen LogP contribution in [0.25, 0.3) is 16.7 Å². The Morgan fingerprint density at radius 2 is 2.13 bits per heavy atom. The van der Waals surface area contributed by atoms with E-state index in [0.29, 0.717) is 22.4 Å². The van der Waals surface area contributed by atoms with Crippen LogP contribution in [0, 0.1) is 6.92 Å². The lowest BCUT2D eigenvalue weighted by Crippen LogP contribution is -2.12. The van der Waals surface area contributed by atoms with Gasteiger partial charge in [0.05, 0.1) is 16.7 Å². The first-order valence-corrected chi connectivity index (χ1v) is 6.60. The number of benzene rings is 1. The average Bonchev–Trinajstić information content (AvgIpc) is 2.76. The Balaban J connectivity index is 2.29. The maximum Gasteiger partial charge on any atom is 0.512 e. The van der Waals surface area contributed by atoms with Gasteiger partial charge in [-0.1, -0.05) is 0 Å². The highest BCUT2D eigenvalue weighted by molar-refractivity contribution is 5.91. The van der Waals surface area contributed by atoms with Crippen molar-refractivity contribution in [2.24, 2.45) is 0 Å². The minimum atomic E-state index is -1.51. The number of carboxylic acid groups (broad SMARTS) is 1.